The number of piperazine rings is 1. The van der Waals surface area contributed by atoms with Crippen LogP contribution in [0.4, 0.5) is 5.82 Å². The van der Waals surface area contributed by atoms with Gasteiger partial charge in [-0.15, -0.1) is 0 Å². The first-order valence-electron chi connectivity index (χ1n) is 11.2. The number of H-pyrrole nitrogens is 1. The molecule has 0 amide bonds. The zero-order valence-corrected chi connectivity index (χ0v) is 19.4. The zero-order chi connectivity index (χ0) is 23.1. The van der Waals surface area contributed by atoms with Gasteiger partial charge in [-0.05, 0) is 49.4 Å². The van der Waals surface area contributed by atoms with Gasteiger partial charge >= 0.3 is 0 Å². The Morgan fingerprint density at radius 1 is 1.24 bits per heavy atom. The maximum atomic E-state index is 13.5. The SMILES string of the molecule is CN(CCCc1cccc(C#N)c1)S(=O)(=O)N1CCN(c2ncnc3[nH]ccc23)CC12CC2. The van der Waals surface area contributed by atoms with Crippen LogP contribution in [0.1, 0.15) is 30.4 Å². The van der Waals surface area contributed by atoms with Crippen LogP contribution in [0, 0.1) is 11.3 Å². The molecule has 3 heterocycles. The Morgan fingerprint density at radius 3 is 2.88 bits per heavy atom. The van der Waals surface area contributed by atoms with Crippen LogP contribution in [0.3, 0.4) is 0 Å². The van der Waals surface area contributed by atoms with Gasteiger partial charge in [-0.1, -0.05) is 12.1 Å². The Kier molecular flexibility index (Phi) is 5.56. The average molecular weight is 466 g/mol. The third-order valence-electron chi connectivity index (χ3n) is 6.71. The summed E-state index contributed by atoms with van der Waals surface area (Å²) in [6, 6.07) is 11.6. The Morgan fingerprint density at radius 2 is 2.09 bits per heavy atom. The van der Waals surface area contributed by atoms with Crippen molar-refractivity contribution in [2.24, 2.45) is 0 Å². The van der Waals surface area contributed by atoms with Crippen molar-refractivity contribution in [2.75, 3.05) is 38.1 Å². The number of rotatable bonds is 7. The highest BCUT2D eigenvalue weighted by Crippen LogP contribution is 2.47. The van der Waals surface area contributed by atoms with Crippen molar-refractivity contribution < 1.29 is 8.42 Å². The summed E-state index contributed by atoms with van der Waals surface area (Å²) in [4.78, 5) is 14.1. The molecule has 0 atom stereocenters. The molecule has 33 heavy (non-hydrogen) atoms. The molecule has 9 nitrogen and oxygen atoms in total. The predicted molar refractivity (Wildman–Crippen MR) is 126 cm³/mol. The van der Waals surface area contributed by atoms with Crippen molar-refractivity contribution in [3.05, 3.63) is 54.0 Å². The fourth-order valence-corrected chi connectivity index (χ4v) is 6.49. The highest BCUT2D eigenvalue weighted by atomic mass is 32.2. The summed E-state index contributed by atoms with van der Waals surface area (Å²) in [7, 11) is -1.90. The summed E-state index contributed by atoms with van der Waals surface area (Å²) in [5.41, 5.74) is 2.11. The van der Waals surface area contributed by atoms with Gasteiger partial charge in [0.05, 0.1) is 22.6 Å². The van der Waals surface area contributed by atoms with Crippen LogP contribution in [0.15, 0.2) is 42.9 Å². The number of anilines is 1. The summed E-state index contributed by atoms with van der Waals surface area (Å²) in [6.45, 7) is 2.10. The molecule has 1 saturated heterocycles. The number of nitriles is 1. The van der Waals surface area contributed by atoms with Gasteiger partial charge in [-0.2, -0.15) is 22.3 Å². The summed E-state index contributed by atoms with van der Waals surface area (Å²) in [6.07, 6.45) is 6.55. The van der Waals surface area contributed by atoms with E-state index in [-0.39, 0.29) is 5.54 Å². The van der Waals surface area contributed by atoms with Crippen LogP contribution >= 0.6 is 0 Å². The van der Waals surface area contributed by atoms with Crippen LogP contribution in [-0.4, -0.2) is 70.7 Å². The summed E-state index contributed by atoms with van der Waals surface area (Å²) in [5.74, 6) is 0.859. The number of nitrogens with one attached hydrogen (secondary N) is 1. The molecular formula is C23H27N7O2S. The first-order chi connectivity index (χ1) is 15.9. The fraction of sp³-hybridized carbons (Fsp3) is 0.435. The van der Waals surface area contributed by atoms with E-state index < -0.39 is 10.2 Å². The van der Waals surface area contributed by atoms with Gasteiger partial charge in [0.1, 0.15) is 17.8 Å². The second-order valence-corrected chi connectivity index (χ2v) is 10.9. The molecule has 5 rings (SSSR count). The molecule has 1 aromatic carbocycles. The molecule has 0 unspecified atom stereocenters. The van der Waals surface area contributed by atoms with E-state index in [0.717, 1.165) is 41.7 Å². The van der Waals surface area contributed by atoms with Crippen molar-refractivity contribution in [3.8, 4) is 6.07 Å². The lowest BCUT2D eigenvalue weighted by Gasteiger charge is -2.43. The van der Waals surface area contributed by atoms with E-state index in [1.165, 1.54) is 4.31 Å². The van der Waals surface area contributed by atoms with Crippen molar-refractivity contribution in [1.82, 2.24) is 23.6 Å². The lowest BCUT2D eigenvalue weighted by Crippen LogP contribution is -2.59. The maximum absolute atomic E-state index is 13.5. The van der Waals surface area contributed by atoms with Gasteiger partial charge < -0.3 is 9.88 Å². The minimum absolute atomic E-state index is 0.361. The van der Waals surface area contributed by atoms with Crippen LogP contribution in [0.5, 0.6) is 0 Å². The number of aromatic nitrogens is 3. The van der Waals surface area contributed by atoms with Crippen LogP contribution in [0.2, 0.25) is 0 Å². The predicted octanol–water partition coefficient (Wildman–Crippen LogP) is 2.29. The molecule has 10 heteroatoms. The molecule has 1 aliphatic carbocycles. The van der Waals surface area contributed by atoms with Crippen molar-refractivity contribution >= 4 is 27.1 Å². The van der Waals surface area contributed by atoms with E-state index >= 15 is 0 Å². The molecule has 1 spiro atoms. The molecule has 172 valence electrons. The van der Waals surface area contributed by atoms with Crippen molar-refractivity contribution in [3.63, 3.8) is 0 Å². The molecular weight excluding hydrogens is 438 g/mol. The number of fused-ring (bicyclic) bond motifs is 1. The van der Waals surface area contributed by atoms with Gasteiger partial charge in [-0.3, -0.25) is 0 Å². The Bertz CT molecular complexity index is 1310. The third-order valence-corrected chi connectivity index (χ3v) is 8.81. The number of aryl methyl sites for hydroxylation is 1. The number of hydrogen-bond acceptors (Lipinski definition) is 6. The zero-order valence-electron chi connectivity index (χ0n) is 18.6. The molecule has 1 saturated carbocycles. The third kappa shape index (κ3) is 4.08. The van der Waals surface area contributed by atoms with Crippen molar-refractivity contribution in [1.29, 1.82) is 5.26 Å². The smallest absolute Gasteiger partial charge is 0.282 e. The van der Waals surface area contributed by atoms with E-state index in [0.29, 0.717) is 38.2 Å². The van der Waals surface area contributed by atoms with Gasteiger partial charge in [0.15, 0.2) is 0 Å². The molecule has 2 fully saturated rings. The first kappa shape index (κ1) is 21.8. The van der Waals surface area contributed by atoms with E-state index in [2.05, 4.69) is 25.9 Å². The number of hydrogen-bond donors (Lipinski definition) is 1. The highest BCUT2D eigenvalue weighted by Gasteiger charge is 2.56. The summed E-state index contributed by atoms with van der Waals surface area (Å²) in [5, 5.41) is 10.0. The Balaban J connectivity index is 1.25. The van der Waals surface area contributed by atoms with E-state index in [1.807, 2.05) is 30.5 Å². The standard InChI is InChI=1S/C23H27N7O2S/c1-28(11-3-6-18-4-2-5-19(14-18)15-24)33(31,32)30-13-12-29(16-23(30)8-9-23)22-20-7-10-25-21(20)26-17-27-22/h2,4-5,7,10,14,17H,3,6,8-9,11-13,16H2,1H3,(H,25,26,27). The summed E-state index contributed by atoms with van der Waals surface area (Å²) >= 11 is 0. The monoisotopic (exact) mass is 465 g/mol. The van der Waals surface area contributed by atoms with Gasteiger partial charge in [-0.25, -0.2) is 9.97 Å². The Hall–Kier alpha value is -3.00. The molecule has 2 aliphatic rings. The minimum Gasteiger partial charge on any atom is -0.353 e. The Labute approximate surface area is 193 Å². The quantitative estimate of drug-likeness (QED) is 0.573. The van der Waals surface area contributed by atoms with Crippen LogP contribution in [0.25, 0.3) is 11.0 Å². The molecule has 0 radical (unpaired) electrons. The molecule has 1 aliphatic heterocycles. The van der Waals surface area contributed by atoms with Gasteiger partial charge in [0.25, 0.3) is 10.2 Å². The largest absolute Gasteiger partial charge is 0.353 e. The fourth-order valence-electron chi connectivity index (χ4n) is 4.75. The molecule has 3 aromatic rings. The normalized spacial score (nSPS) is 18.2. The summed E-state index contributed by atoms with van der Waals surface area (Å²) < 4.78 is 30.1. The van der Waals surface area contributed by atoms with Crippen molar-refractivity contribution in [2.45, 2.75) is 31.2 Å². The van der Waals surface area contributed by atoms with E-state index in [4.69, 9.17) is 5.26 Å². The lowest BCUT2D eigenvalue weighted by atomic mass is 10.1. The molecule has 0 bridgehead atoms. The second kappa shape index (κ2) is 8.41. The van der Waals surface area contributed by atoms with Gasteiger partial charge in [0, 0.05) is 39.4 Å². The highest BCUT2D eigenvalue weighted by molar-refractivity contribution is 7.86. The second-order valence-electron chi connectivity index (χ2n) is 8.90. The van der Waals surface area contributed by atoms with E-state index in [9.17, 15) is 8.42 Å². The minimum atomic E-state index is -3.56. The van der Waals surface area contributed by atoms with Crippen LogP contribution < -0.4 is 4.90 Å². The molecule has 1 N–H and O–H groups in total. The lowest BCUT2D eigenvalue weighted by molar-refractivity contribution is 0.250. The number of aromatic amines is 1. The number of benzene rings is 1. The van der Waals surface area contributed by atoms with Crippen LogP contribution in [-0.2, 0) is 16.6 Å². The number of nitrogens with zero attached hydrogens (tertiary/aromatic N) is 6. The average Bonchev–Trinajstić information content (AvgIpc) is 3.39. The maximum Gasteiger partial charge on any atom is 0.282 e. The molecule has 2 aromatic heterocycles. The first-order valence-corrected chi connectivity index (χ1v) is 12.6. The van der Waals surface area contributed by atoms with E-state index in [1.54, 1.807) is 23.7 Å². The topological polar surface area (TPSA) is 109 Å². The van der Waals surface area contributed by atoms with Gasteiger partial charge in [0.2, 0.25) is 0 Å².